The first-order valence-corrected chi connectivity index (χ1v) is 9.97. The van der Waals surface area contributed by atoms with E-state index >= 15 is 0 Å². The highest BCUT2D eigenvalue weighted by Gasteiger charge is 2.18. The summed E-state index contributed by atoms with van der Waals surface area (Å²) < 4.78 is 13.9. The molecule has 2 heterocycles. The Labute approximate surface area is 185 Å². The molecule has 0 unspecified atom stereocenters. The lowest BCUT2D eigenvalue weighted by atomic mass is 10.2. The fraction of sp³-hybridized carbons (Fsp3) is 0.381. The molecule has 3 rings (SSSR count). The van der Waals surface area contributed by atoms with Crippen molar-refractivity contribution in [2.24, 2.45) is 0 Å². The third-order valence-electron chi connectivity index (χ3n) is 5.13. The Morgan fingerprint density at radius 3 is 2.44 bits per heavy atom. The van der Waals surface area contributed by atoms with E-state index in [2.05, 4.69) is 15.5 Å². The van der Waals surface area contributed by atoms with Gasteiger partial charge in [-0.3, -0.25) is 9.48 Å². The number of amides is 1. The van der Waals surface area contributed by atoms with Crippen molar-refractivity contribution >= 4 is 17.4 Å². The number of benzene rings is 1. The molecule has 0 atom stereocenters. The fourth-order valence-corrected chi connectivity index (χ4v) is 3.40. The van der Waals surface area contributed by atoms with Gasteiger partial charge in [0.25, 0.3) is 0 Å². The molecule has 0 spiro atoms. The minimum absolute atomic E-state index is 0.124. The zero-order valence-corrected chi connectivity index (χ0v) is 18.7. The van der Waals surface area contributed by atoms with Crippen molar-refractivity contribution in [3.63, 3.8) is 0 Å². The Morgan fingerprint density at radius 1 is 1.09 bits per heavy atom. The molecule has 0 saturated heterocycles. The molecule has 0 bridgehead atoms. The fourth-order valence-electron chi connectivity index (χ4n) is 3.40. The molecule has 0 fully saturated rings. The van der Waals surface area contributed by atoms with Crippen molar-refractivity contribution < 1.29 is 19.2 Å². The highest BCUT2D eigenvalue weighted by atomic mass is 16.6. The van der Waals surface area contributed by atoms with Crippen molar-refractivity contribution in [3.8, 4) is 11.5 Å². The molecule has 0 aliphatic carbocycles. The first kappa shape index (κ1) is 22.8. The van der Waals surface area contributed by atoms with Crippen LogP contribution in [0.3, 0.4) is 0 Å². The van der Waals surface area contributed by atoms with Crippen molar-refractivity contribution in [2.45, 2.75) is 40.3 Å². The van der Waals surface area contributed by atoms with Gasteiger partial charge in [0.05, 0.1) is 61.2 Å². The van der Waals surface area contributed by atoms with Gasteiger partial charge in [0.15, 0.2) is 11.5 Å². The van der Waals surface area contributed by atoms with Crippen LogP contribution < -0.4 is 14.8 Å². The first-order valence-electron chi connectivity index (χ1n) is 9.97. The molecule has 0 radical (unpaired) electrons. The predicted octanol–water partition coefficient (Wildman–Crippen LogP) is 3.01. The van der Waals surface area contributed by atoms with E-state index in [9.17, 15) is 14.9 Å². The summed E-state index contributed by atoms with van der Waals surface area (Å²) >= 11 is 0. The number of hydrogen-bond donors (Lipinski definition) is 1. The average molecular weight is 442 g/mol. The minimum atomic E-state index is -0.552. The molecule has 11 nitrogen and oxygen atoms in total. The Bertz CT molecular complexity index is 1150. The number of aryl methyl sites for hydroxylation is 3. The molecule has 32 heavy (non-hydrogen) atoms. The number of nitrogens with one attached hydrogen (secondary N) is 1. The second-order valence-corrected chi connectivity index (χ2v) is 7.32. The van der Waals surface area contributed by atoms with E-state index in [1.165, 1.54) is 10.7 Å². The van der Waals surface area contributed by atoms with Gasteiger partial charge in [-0.05, 0) is 43.4 Å². The Hall–Kier alpha value is -3.89. The summed E-state index contributed by atoms with van der Waals surface area (Å²) in [5.74, 6) is 0.829. The molecule has 0 aliphatic heterocycles. The van der Waals surface area contributed by atoms with Crippen molar-refractivity contribution in [2.75, 3.05) is 19.5 Å². The Morgan fingerprint density at radius 2 is 1.81 bits per heavy atom. The van der Waals surface area contributed by atoms with E-state index < -0.39 is 4.92 Å². The number of aromatic nitrogens is 4. The SMILES string of the molecule is COc1ccc(Cn2nc(C)c(NC(=O)CCn3nc([N+](=O)[O-])cc3C)c2C)cc1OC. The van der Waals surface area contributed by atoms with E-state index in [1.54, 1.807) is 21.1 Å². The van der Waals surface area contributed by atoms with Crippen molar-refractivity contribution in [3.05, 3.63) is 57.0 Å². The Balaban J connectivity index is 1.68. The average Bonchev–Trinajstić information content (AvgIpc) is 3.26. The second kappa shape index (κ2) is 9.50. The largest absolute Gasteiger partial charge is 0.493 e. The van der Waals surface area contributed by atoms with Crippen LogP contribution in [0.5, 0.6) is 11.5 Å². The number of anilines is 1. The molecule has 11 heteroatoms. The number of rotatable bonds is 9. The van der Waals surface area contributed by atoms with Gasteiger partial charge in [0, 0.05) is 6.42 Å². The zero-order chi connectivity index (χ0) is 23.4. The summed E-state index contributed by atoms with van der Waals surface area (Å²) in [6.45, 7) is 6.17. The van der Waals surface area contributed by atoms with Crippen molar-refractivity contribution in [1.29, 1.82) is 0 Å². The third-order valence-corrected chi connectivity index (χ3v) is 5.13. The highest BCUT2D eigenvalue weighted by Crippen LogP contribution is 2.28. The maximum absolute atomic E-state index is 12.5. The van der Waals surface area contributed by atoms with Crippen LogP contribution in [-0.2, 0) is 17.9 Å². The molecular weight excluding hydrogens is 416 g/mol. The number of hydrogen-bond acceptors (Lipinski definition) is 7. The number of carbonyl (C=O) groups excluding carboxylic acids is 1. The topological polar surface area (TPSA) is 126 Å². The van der Waals surface area contributed by atoms with Crippen LogP contribution in [0.15, 0.2) is 24.3 Å². The number of methoxy groups -OCH3 is 2. The predicted molar refractivity (Wildman–Crippen MR) is 117 cm³/mol. The van der Waals surface area contributed by atoms with Gasteiger partial charge >= 0.3 is 5.82 Å². The molecule has 1 aromatic carbocycles. The van der Waals surface area contributed by atoms with E-state index in [1.807, 2.05) is 36.7 Å². The summed E-state index contributed by atoms with van der Waals surface area (Å²) in [7, 11) is 3.17. The second-order valence-electron chi connectivity index (χ2n) is 7.32. The monoisotopic (exact) mass is 442 g/mol. The van der Waals surface area contributed by atoms with Gasteiger partial charge < -0.3 is 24.9 Å². The molecule has 3 aromatic rings. The van der Waals surface area contributed by atoms with Crippen LogP contribution in [0.25, 0.3) is 0 Å². The standard InChI is InChI=1S/C21H26N6O5/c1-13-10-19(27(29)30)24-25(13)9-8-20(28)22-21-14(2)23-26(15(21)3)12-16-6-7-17(31-4)18(11-16)32-5/h6-7,10-11H,8-9,12H2,1-5H3,(H,22,28). The van der Waals surface area contributed by atoms with E-state index in [0.717, 1.165) is 11.3 Å². The summed E-state index contributed by atoms with van der Waals surface area (Å²) in [5.41, 5.74) is 3.76. The summed E-state index contributed by atoms with van der Waals surface area (Å²) in [4.78, 5) is 22.8. The summed E-state index contributed by atoms with van der Waals surface area (Å²) in [5, 5.41) is 22.2. The smallest absolute Gasteiger partial charge is 0.390 e. The highest BCUT2D eigenvalue weighted by molar-refractivity contribution is 5.91. The maximum atomic E-state index is 12.5. The molecule has 1 N–H and O–H groups in total. The Kier molecular flexibility index (Phi) is 6.76. The molecule has 0 saturated carbocycles. The van der Waals surface area contributed by atoms with E-state index in [4.69, 9.17) is 9.47 Å². The van der Waals surface area contributed by atoms with Crippen LogP contribution in [-0.4, -0.2) is 44.6 Å². The lowest BCUT2D eigenvalue weighted by Crippen LogP contribution is -2.16. The lowest BCUT2D eigenvalue weighted by Gasteiger charge is -2.11. The van der Waals surface area contributed by atoms with E-state index in [-0.39, 0.29) is 24.7 Å². The zero-order valence-electron chi connectivity index (χ0n) is 18.7. The van der Waals surface area contributed by atoms with Gasteiger partial charge in [-0.25, -0.2) is 0 Å². The number of carbonyl (C=O) groups is 1. The van der Waals surface area contributed by atoms with Gasteiger partial charge in [0.2, 0.25) is 5.91 Å². The molecule has 1 amide bonds. The van der Waals surface area contributed by atoms with Gasteiger partial charge in [-0.2, -0.15) is 9.78 Å². The van der Waals surface area contributed by atoms with Crippen LogP contribution >= 0.6 is 0 Å². The molecule has 170 valence electrons. The quantitative estimate of drug-likeness (QED) is 0.399. The van der Waals surface area contributed by atoms with E-state index in [0.29, 0.717) is 35.1 Å². The number of ether oxygens (including phenoxy) is 2. The molecule has 0 aliphatic rings. The lowest BCUT2D eigenvalue weighted by molar-refractivity contribution is -0.389. The van der Waals surface area contributed by atoms with Crippen LogP contribution in [0.1, 0.15) is 29.1 Å². The van der Waals surface area contributed by atoms with Gasteiger partial charge in [-0.15, -0.1) is 0 Å². The third kappa shape index (κ3) is 4.88. The molecule has 2 aromatic heterocycles. The van der Waals surface area contributed by atoms with Crippen molar-refractivity contribution in [1.82, 2.24) is 19.6 Å². The molecular formula is C21H26N6O5. The minimum Gasteiger partial charge on any atom is -0.493 e. The van der Waals surface area contributed by atoms with Crippen LogP contribution in [0.4, 0.5) is 11.5 Å². The summed E-state index contributed by atoms with van der Waals surface area (Å²) in [6, 6.07) is 7.04. The number of nitrogens with zero attached hydrogens (tertiary/aromatic N) is 5. The normalized spacial score (nSPS) is 10.8. The number of nitro groups is 1. The summed E-state index contributed by atoms with van der Waals surface area (Å²) in [6.07, 6.45) is 0.124. The maximum Gasteiger partial charge on any atom is 0.390 e. The van der Waals surface area contributed by atoms with Crippen LogP contribution in [0, 0.1) is 30.9 Å². The first-order chi connectivity index (χ1) is 15.2. The van der Waals surface area contributed by atoms with Gasteiger partial charge in [0.1, 0.15) is 0 Å². The van der Waals surface area contributed by atoms with Crippen LogP contribution in [0.2, 0.25) is 0 Å². The van der Waals surface area contributed by atoms with Gasteiger partial charge in [-0.1, -0.05) is 6.07 Å².